The Balaban J connectivity index is 2.62. The molecule has 0 saturated heterocycles. The Kier molecular flexibility index (Phi) is 3.82. The number of likely N-dealkylation sites (N-methyl/N-ethyl adjacent to an activating group) is 1. The van der Waals surface area contributed by atoms with E-state index in [1.165, 1.54) is 10.9 Å². The van der Waals surface area contributed by atoms with E-state index in [4.69, 9.17) is 0 Å². The second kappa shape index (κ2) is 5.36. The first-order valence-corrected chi connectivity index (χ1v) is 6.46. The quantitative estimate of drug-likeness (QED) is 0.865. The summed E-state index contributed by atoms with van der Waals surface area (Å²) in [4.78, 5) is 15.0. The van der Waals surface area contributed by atoms with Gasteiger partial charge in [0.05, 0.1) is 0 Å². The predicted octanol–water partition coefficient (Wildman–Crippen LogP) is 2.16. The number of benzene rings is 1. The molecule has 0 spiro atoms. The number of hydrogen-bond donors (Lipinski definition) is 2. The van der Waals surface area contributed by atoms with Gasteiger partial charge in [0, 0.05) is 16.5 Å². The molecule has 0 aliphatic rings. The SMILES string of the molecule is CCc1ccc2[nH]c(=O)c(CCNC)c(C)c2c1. The van der Waals surface area contributed by atoms with E-state index >= 15 is 0 Å². The van der Waals surface area contributed by atoms with Crippen LogP contribution in [0.15, 0.2) is 23.0 Å². The molecule has 18 heavy (non-hydrogen) atoms. The van der Waals surface area contributed by atoms with Crippen molar-refractivity contribution in [3.05, 3.63) is 45.2 Å². The van der Waals surface area contributed by atoms with E-state index in [1.807, 2.05) is 20.0 Å². The van der Waals surface area contributed by atoms with E-state index in [0.29, 0.717) is 0 Å². The first-order valence-electron chi connectivity index (χ1n) is 6.46. The number of fused-ring (bicyclic) bond motifs is 1. The monoisotopic (exact) mass is 244 g/mol. The fourth-order valence-electron chi connectivity index (χ4n) is 2.31. The summed E-state index contributed by atoms with van der Waals surface area (Å²) >= 11 is 0. The van der Waals surface area contributed by atoms with Gasteiger partial charge in [-0.1, -0.05) is 13.0 Å². The average molecular weight is 244 g/mol. The lowest BCUT2D eigenvalue weighted by Gasteiger charge is -2.09. The zero-order chi connectivity index (χ0) is 13.1. The molecule has 0 fully saturated rings. The van der Waals surface area contributed by atoms with Crippen LogP contribution in [0, 0.1) is 6.92 Å². The molecule has 96 valence electrons. The van der Waals surface area contributed by atoms with Crippen LogP contribution in [-0.4, -0.2) is 18.6 Å². The van der Waals surface area contributed by atoms with Crippen molar-refractivity contribution >= 4 is 10.9 Å². The van der Waals surface area contributed by atoms with Crippen molar-refractivity contribution in [3.8, 4) is 0 Å². The molecular formula is C15H20N2O. The summed E-state index contributed by atoms with van der Waals surface area (Å²) in [5, 5.41) is 4.26. The molecule has 0 aliphatic heterocycles. The van der Waals surface area contributed by atoms with Crippen LogP contribution in [0.25, 0.3) is 10.9 Å². The van der Waals surface area contributed by atoms with Crippen molar-refractivity contribution in [2.45, 2.75) is 26.7 Å². The Bertz CT molecular complexity index is 614. The third-order valence-electron chi connectivity index (χ3n) is 3.50. The first kappa shape index (κ1) is 12.8. The Morgan fingerprint density at radius 1 is 1.33 bits per heavy atom. The number of H-pyrrole nitrogens is 1. The van der Waals surface area contributed by atoms with E-state index in [9.17, 15) is 4.79 Å². The molecule has 3 heteroatoms. The van der Waals surface area contributed by atoms with Gasteiger partial charge in [-0.15, -0.1) is 0 Å². The van der Waals surface area contributed by atoms with Crippen LogP contribution in [0.2, 0.25) is 0 Å². The smallest absolute Gasteiger partial charge is 0.251 e. The molecule has 0 amide bonds. The lowest BCUT2D eigenvalue weighted by Crippen LogP contribution is -2.20. The number of aromatic amines is 1. The van der Waals surface area contributed by atoms with Crippen molar-refractivity contribution in [1.82, 2.24) is 10.3 Å². The predicted molar refractivity (Wildman–Crippen MR) is 76.3 cm³/mol. The Morgan fingerprint density at radius 3 is 2.78 bits per heavy atom. The van der Waals surface area contributed by atoms with Gasteiger partial charge in [0.25, 0.3) is 5.56 Å². The molecule has 2 N–H and O–H groups in total. The number of aromatic nitrogens is 1. The minimum absolute atomic E-state index is 0.0412. The van der Waals surface area contributed by atoms with E-state index in [2.05, 4.69) is 29.4 Å². The number of rotatable bonds is 4. The van der Waals surface area contributed by atoms with Crippen LogP contribution in [0.4, 0.5) is 0 Å². The van der Waals surface area contributed by atoms with Gasteiger partial charge in [-0.3, -0.25) is 4.79 Å². The van der Waals surface area contributed by atoms with Crippen LogP contribution in [0.5, 0.6) is 0 Å². The summed E-state index contributed by atoms with van der Waals surface area (Å²) < 4.78 is 0. The van der Waals surface area contributed by atoms with Crippen LogP contribution >= 0.6 is 0 Å². The van der Waals surface area contributed by atoms with Crippen LogP contribution in [0.3, 0.4) is 0 Å². The van der Waals surface area contributed by atoms with Gasteiger partial charge >= 0.3 is 0 Å². The van der Waals surface area contributed by atoms with E-state index in [-0.39, 0.29) is 5.56 Å². The van der Waals surface area contributed by atoms with Crippen molar-refractivity contribution in [3.63, 3.8) is 0 Å². The van der Waals surface area contributed by atoms with Gasteiger partial charge in [0.15, 0.2) is 0 Å². The maximum Gasteiger partial charge on any atom is 0.251 e. The highest BCUT2D eigenvalue weighted by Crippen LogP contribution is 2.19. The van der Waals surface area contributed by atoms with Crippen LogP contribution < -0.4 is 10.9 Å². The summed E-state index contributed by atoms with van der Waals surface area (Å²) in [6.45, 7) is 5.01. The molecule has 0 radical (unpaired) electrons. The van der Waals surface area contributed by atoms with Crippen molar-refractivity contribution in [2.75, 3.05) is 13.6 Å². The van der Waals surface area contributed by atoms with Gasteiger partial charge in [-0.2, -0.15) is 0 Å². The van der Waals surface area contributed by atoms with Crippen LogP contribution in [-0.2, 0) is 12.8 Å². The Hall–Kier alpha value is -1.61. The van der Waals surface area contributed by atoms with Crippen LogP contribution in [0.1, 0.15) is 23.6 Å². The minimum atomic E-state index is 0.0412. The van der Waals surface area contributed by atoms with E-state index in [0.717, 1.165) is 36.0 Å². The van der Waals surface area contributed by atoms with E-state index < -0.39 is 0 Å². The molecule has 0 atom stereocenters. The third-order valence-corrected chi connectivity index (χ3v) is 3.50. The maximum absolute atomic E-state index is 12.0. The highest BCUT2D eigenvalue weighted by molar-refractivity contribution is 5.83. The zero-order valence-corrected chi connectivity index (χ0v) is 11.3. The molecule has 0 aliphatic carbocycles. The lowest BCUT2D eigenvalue weighted by atomic mass is 10.00. The van der Waals surface area contributed by atoms with E-state index in [1.54, 1.807) is 0 Å². The largest absolute Gasteiger partial charge is 0.322 e. The van der Waals surface area contributed by atoms with Gasteiger partial charge in [0.2, 0.25) is 0 Å². The molecule has 0 bridgehead atoms. The molecule has 0 saturated carbocycles. The highest BCUT2D eigenvalue weighted by Gasteiger charge is 2.08. The summed E-state index contributed by atoms with van der Waals surface area (Å²) in [6, 6.07) is 6.26. The van der Waals surface area contributed by atoms with Gasteiger partial charge in [-0.25, -0.2) is 0 Å². The number of aryl methyl sites for hydroxylation is 2. The van der Waals surface area contributed by atoms with Crippen molar-refractivity contribution < 1.29 is 0 Å². The summed E-state index contributed by atoms with van der Waals surface area (Å²) in [5.74, 6) is 0. The maximum atomic E-state index is 12.0. The summed E-state index contributed by atoms with van der Waals surface area (Å²) in [6.07, 6.45) is 1.78. The zero-order valence-electron chi connectivity index (χ0n) is 11.3. The van der Waals surface area contributed by atoms with Gasteiger partial charge in [-0.05, 0) is 56.6 Å². The fourth-order valence-corrected chi connectivity index (χ4v) is 2.31. The number of nitrogens with one attached hydrogen (secondary N) is 2. The standard InChI is InChI=1S/C15H20N2O/c1-4-11-5-6-14-13(9-11)10(2)12(7-8-16-3)15(18)17-14/h5-6,9,16H,4,7-8H2,1-3H3,(H,17,18). The molecule has 2 rings (SSSR count). The Labute approximate surface area is 107 Å². The molecular weight excluding hydrogens is 224 g/mol. The normalized spacial score (nSPS) is 11.1. The third kappa shape index (κ3) is 2.31. The van der Waals surface area contributed by atoms with Crippen molar-refractivity contribution in [2.24, 2.45) is 0 Å². The highest BCUT2D eigenvalue weighted by atomic mass is 16.1. The number of pyridine rings is 1. The second-order valence-corrected chi connectivity index (χ2v) is 4.64. The molecule has 3 nitrogen and oxygen atoms in total. The lowest BCUT2D eigenvalue weighted by molar-refractivity contribution is 0.783. The average Bonchev–Trinajstić information content (AvgIpc) is 2.38. The number of hydrogen-bond acceptors (Lipinski definition) is 2. The molecule has 0 unspecified atom stereocenters. The Morgan fingerprint density at radius 2 is 2.11 bits per heavy atom. The second-order valence-electron chi connectivity index (χ2n) is 4.64. The summed E-state index contributed by atoms with van der Waals surface area (Å²) in [5.41, 5.74) is 4.28. The molecule has 1 heterocycles. The van der Waals surface area contributed by atoms with Crippen molar-refractivity contribution in [1.29, 1.82) is 0 Å². The minimum Gasteiger partial charge on any atom is -0.322 e. The summed E-state index contributed by atoms with van der Waals surface area (Å²) in [7, 11) is 1.90. The van der Waals surface area contributed by atoms with Gasteiger partial charge < -0.3 is 10.3 Å². The fraction of sp³-hybridized carbons (Fsp3) is 0.400. The topological polar surface area (TPSA) is 44.9 Å². The molecule has 1 aromatic carbocycles. The van der Waals surface area contributed by atoms with Gasteiger partial charge in [0.1, 0.15) is 0 Å². The first-order chi connectivity index (χ1) is 8.67. The molecule has 2 aromatic rings. The molecule has 1 aromatic heterocycles.